The minimum absolute atomic E-state index is 0.0597. The van der Waals surface area contributed by atoms with E-state index < -0.39 is 0 Å². The van der Waals surface area contributed by atoms with Gasteiger partial charge in [-0.1, -0.05) is 42.0 Å². The third kappa shape index (κ3) is 3.83. The first-order valence-corrected chi connectivity index (χ1v) is 12.2. The van der Waals surface area contributed by atoms with E-state index in [1.54, 1.807) is 22.7 Å². The molecule has 162 valence electrons. The fraction of sp³-hybridized carbons (Fsp3) is 0.0800. The summed E-state index contributed by atoms with van der Waals surface area (Å²) in [6, 6.07) is 16.1. The molecule has 4 aromatic heterocycles. The number of hydrogen-bond donors (Lipinski definition) is 1. The number of anilines is 1. The van der Waals surface area contributed by atoms with Crippen LogP contribution in [0, 0.1) is 6.92 Å². The largest absolute Gasteiger partial charge is 0.326 e. The molecule has 2 aromatic carbocycles. The van der Waals surface area contributed by atoms with E-state index in [1.165, 1.54) is 5.56 Å². The highest BCUT2D eigenvalue weighted by atomic mass is 32.1. The third-order valence-corrected chi connectivity index (χ3v) is 7.19. The van der Waals surface area contributed by atoms with Crippen molar-refractivity contribution in [1.29, 1.82) is 0 Å². The Morgan fingerprint density at radius 3 is 2.36 bits per heavy atom. The molecule has 0 radical (unpaired) electrons. The van der Waals surface area contributed by atoms with Gasteiger partial charge in [0.2, 0.25) is 5.91 Å². The van der Waals surface area contributed by atoms with Crippen LogP contribution in [-0.4, -0.2) is 24.7 Å². The lowest BCUT2D eigenvalue weighted by Crippen LogP contribution is -2.15. The Labute approximate surface area is 197 Å². The van der Waals surface area contributed by atoms with E-state index in [-0.39, 0.29) is 12.3 Å². The molecule has 0 saturated carbocycles. The summed E-state index contributed by atoms with van der Waals surface area (Å²) in [5.41, 5.74) is 6.84. The number of hydrogen-bond acceptors (Lipinski definition) is 5. The molecule has 1 N–H and O–H groups in total. The third-order valence-electron chi connectivity index (χ3n) is 5.53. The second kappa shape index (κ2) is 7.99. The quantitative estimate of drug-likeness (QED) is 0.340. The molecule has 1 amide bonds. The number of nitrogens with one attached hydrogen (secondary N) is 1. The maximum atomic E-state index is 12.7. The van der Waals surface area contributed by atoms with Crippen LogP contribution < -0.4 is 5.32 Å². The molecule has 33 heavy (non-hydrogen) atoms. The molecule has 0 spiro atoms. The Bertz CT molecular complexity index is 1560. The van der Waals surface area contributed by atoms with Crippen LogP contribution in [0.2, 0.25) is 0 Å². The highest BCUT2D eigenvalue weighted by molar-refractivity contribution is 7.15. The monoisotopic (exact) mass is 469 g/mol. The number of nitrogens with zero attached hydrogens (tertiary/aromatic N) is 4. The second-order valence-electron chi connectivity index (χ2n) is 7.89. The Kier molecular flexibility index (Phi) is 4.82. The Morgan fingerprint density at radius 2 is 1.61 bits per heavy atom. The molecule has 0 atom stereocenters. The van der Waals surface area contributed by atoms with E-state index in [1.807, 2.05) is 62.4 Å². The number of benzene rings is 2. The van der Waals surface area contributed by atoms with Gasteiger partial charge in [0.25, 0.3) is 0 Å². The van der Waals surface area contributed by atoms with Gasteiger partial charge in [0.1, 0.15) is 0 Å². The van der Waals surface area contributed by atoms with E-state index in [2.05, 4.69) is 41.5 Å². The summed E-state index contributed by atoms with van der Waals surface area (Å²) in [6.07, 6.45) is 6.29. The lowest BCUT2D eigenvalue weighted by molar-refractivity contribution is -0.115. The Balaban J connectivity index is 1.16. The van der Waals surface area contributed by atoms with Gasteiger partial charge in [0.15, 0.2) is 9.92 Å². The molecule has 6 rings (SSSR count). The molecule has 0 aliphatic carbocycles. The number of aromatic nitrogens is 4. The van der Waals surface area contributed by atoms with Crippen molar-refractivity contribution in [1.82, 2.24) is 18.8 Å². The molecule has 0 aliphatic rings. The van der Waals surface area contributed by atoms with Crippen molar-refractivity contribution in [2.75, 3.05) is 5.32 Å². The van der Waals surface area contributed by atoms with E-state index in [0.717, 1.165) is 43.8 Å². The molecule has 8 heteroatoms. The molecule has 4 heterocycles. The molecule has 0 fully saturated rings. The van der Waals surface area contributed by atoms with Crippen LogP contribution in [0.5, 0.6) is 0 Å². The second-order valence-corrected chi connectivity index (χ2v) is 9.60. The maximum Gasteiger partial charge on any atom is 0.230 e. The fourth-order valence-corrected chi connectivity index (χ4v) is 5.35. The molecule has 0 saturated heterocycles. The number of carbonyl (C=O) groups is 1. The van der Waals surface area contributed by atoms with Gasteiger partial charge in [-0.2, -0.15) is 0 Å². The van der Waals surface area contributed by atoms with E-state index in [0.29, 0.717) is 0 Å². The maximum absolute atomic E-state index is 12.7. The molecule has 0 aliphatic heterocycles. The first-order valence-electron chi connectivity index (χ1n) is 10.5. The van der Waals surface area contributed by atoms with Gasteiger partial charge in [-0.3, -0.25) is 13.6 Å². The van der Waals surface area contributed by atoms with Gasteiger partial charge in [0.05, 0.1) is 17.8 Å². The highest BCUT2D eigenvalue weighted by Gasteiger charge is 2.13. The summed E-state index contributed by atoms with van der Waals surface area (Å²) in [5, 5.41) is 7.01. The summed E-state index contributed by atoms with van der Waals surface area (Å²) in [6.45, 7) is 2.07. The van der Waals surface area contributed by atoms with Crippen molar-refractivity contribution in [3.63, 3.8) is 0 Å². The van der Waals surface area contributed by atoms with Crippen molar-refractivity contribution >= 4 is 44.2 Å². The van der Waals surface area contributed by atoms with Crippen molar-refractivity contribution in [2.45, 2.75) is 13.3 Å². The smallest absolute Gasteiger partial charge is 0.230 e. The number of thiazole rings is 2. The number of amides is 1. The SMILES string of the molecule is Cc1ccc(-c2cn3c(CC(=O)Nc4ccc(-c5cn6ccsc6n5)cc4)csc3n2)cc1. The van der Waals surface area contributed by atoms with Crippen molar-refractivity contribution in [3.05, 3.63) is 89.1 Å². The highest BCUT2D eigenvalue weighted by Crippen LogP contribution is 2.25. The van der Waals surface area contributed by atoms with Crippen LogP contribution in [0.15, 0.2) is 77.9 Å². The number of imidazole rings is 2. The standard InChI is InChI=1S/C25H19N5OS2/c1-16-2-4-17(5-3-16)22-14-30-20(15-33-25(30)28-22)12-23(31)26-19-8-6-18(7-9-19)21-13-29-10-11-32-24(29)27-21/h2-11,13-15H,12H2,1H3,(H,26,31). The zero-order valence-electron chi connectivity index (χ0n) is 17.7. The van der Waals surface area contributed by atoms with Crippen LogP contribution in [0.3, 0.4) is 0 Å². The predicted molar refractivity (Wildman–Crippen MR) is 134 cm³/mol. The molecule has 0 unspecified atom stereocenters. The lowest BCUT2D eigenvalue weighted by atomic mass is 10.1. The van der Waals surface area contributed by atoms with Crippen LogP contribution in [-0.2, 0) is 11.2 Å². The minimum Gasteiger partial charge on any atom is -0.326 e. The Morgan fingerprint density at radius 1 is 0.909 bits per heavy atom. The summed E-state index contributed by atoms with van der Waals surface area (Å²) in [7, 11) is 0. The summed E-state index contributed by atoms with van der Waals surface area (Å²) < 4.78 is 4.02. The first kappa shape index (κ1) is 19.9. The van der Waals surface area contributed by atoms with Crippen molar-refractivity contribution < 1.29 is 4.79 Å². The molecule has 0 bridgehead atoms. The lowest BCUT2D eigenvalue weighted by Gasteiger charge is -2.06. The van der Waals surface area contributed by atoms with E-state index >= 15 is 0 Å². The number of rotatable bonds is 5. The van der Waals surface area contributed by atoms with Crippen LogP contribution in [0.1, 0.15) is 11.3 Å². The summed E-state index contributed by atoms with van der Waals surface area (Å²) in [4.78, 5) is 23.9. The minimum atomic E-state index is -0.0597. The zero-order chi connectivity index (χ0) is 22.4. The van der Waals surface area contributed by atoms with Gasteiger partial charge in [-0.25, -0.2) is 9.97 Å². The average molecular weight is 470 g/mol. The number of fused-ring (bicyclic) bond motifs is 2. The predicted octanol–water partition coefficient (Wildman–Crippen LogP) is 5.93. The fourth-order valence-electron chi connectivity index (χ4n) is 3.78. The van der Waals surface area contributed by atoms with Crippen molar-refractivity contribution in [3.8, 4) is 22.5 Å². The topological polar surface area (TPSA) is 63.7 Å². The normalized spacial score (nSPS) is 11.4. The van der Waals surface area contributed by atoms with Crippen molar-refractivity contribution in [2.24, 2.45) is 0 Å². The van der Waals surface area contributed by atoms with E-state index in [9.17, 15) is 4.79 Å². The van der Waals surface area contributed by atoms with Gasteiger partial charge in [-0.15, -0.1) is 22.7 Å². The van der Waals surface area contributed by atoms with Crippen LogP contribution >= 0.6 is 22.7 Å². The molecule has 6 aromatic rings. The van der Waals surface area contributed by atoms with Crippen LogP contribution in [0.4, 0.5) is 5.69 Å². The van der Waals surface area contributed by atoms with Gasteiger partial charge >= 0.3 is 0 Å². The molecular weight excluding hydrogens is 450 g/mol. The van der Waals surface area contributed by atoms with Gasteiger partial charge < -0.3 is 5.32 Å². The number of carbonyl (C=O) groups excluding carboxylic acids is 1. The van der Waals surface area contributed by atoms with Gasteiger partial charge in [0, 0.05) is 51.9 Å². The Hall–Kier alpha value is -3.75. The average Bonchev–Trinajstić information content (AvgIpc) is 3.57. The first-order chi connectivity index (χ1) is 16.1. The molecular formula is C25H19N5OS2. The van der Waals surface area contributed by atoms with Gasteiger partial charge in [-0.05, 0) is 19.1 Å². The zero-order valence-corrected chi connectivity index (χ0v) is 19.4. The van der Waals surface area contributed by atoms with E-state index in [4.69, 9.17) is 4.98 Å². The van der Waals surface area contributed by atoms with Crippen LogP contribution in [0.25, 0.3) is 32.4 Å². The number of aryl methyl sites for hydroxylation is 1. The summed E-state index contributed by atoms with van der Waals surface area (Å²) >= 11 is 3.15. The summed E-state index contributed by atoms with van der Waals surface area (Å²) in [5.74, 6) is -0.0597. The molecule has 6 nitrogen and oxygen atoms in total.